The molecule has 21 heavy (non-hydrogen) atoms. The molecule has 0 aliphatic carbocycles. The van der Waals surface area contributed by atoms with Gasteiger partial charge in [0, 0.05) is 18.9 Å². The Labute approximate surface area is 126 Å². The number of benzene rings is 1. The van der Waals surface area contributed by atoms with Crippen LogP contribution in [0, 0.1) is 11.3 Å². The van der Waals surface area contributed by atoms with E-state index < -0.39 is 0 Å². The van der Waals surface area contributed by atoms with E-state index in [2.05, 4.69) is 26.1 Å². The number of rotatable bonds is 6. The van der Waals surface area contributed by atoms with Crippen LogP contribution in [0.5, 0.6) is 5.75 Å². The summed E-state index contributed by atoms with van der Waals surface area (Å²) in [6.07, 6.45) is 0.723. The SMILES string of the molecule is CC(CCC(=O)Oc1ccccc1)C(=O)NCC(C)(C)C. The van der Waals surface area contributed by atoms with E-state index in [0.29, 0.717) is 18.7 Å². The quantitative estimate of drug-likeness (QED) is 0.647. The Morgan fingerprint density at radius 2 is 1.81 bits per heavy atom. The third-order valence-electron chi connectivity index (χ3n) is 3.00. The second-order valence-corrected chi connectivity index (χ2v) is 6.51. The Hall–Kier alpha value is -1.84. The third kappa shape index (κ3) is 7.49. The molecule has 1 aromatic rings. The van der Waals surface area contributed by atoms with Crippen molar-refractivity contribution in [2.75, 3.05) is 6.54 Å². The first-order chi connectivity index (χ1) is 9.78. The van der Waals surface area contributed by atoms with Gasteiger partial charge in [-0.1, -0.05) is 45.9 Å². The molecule has 0 aromatic heterocycles. The Morgan fingerprint density at radius 1 is 1.19 bits per heavy atom. The van der Waals surface area contributed by atoms with E-state index >= 15 is 0 Å². The zero-order valence-corrected chi connectivity index (χ0v) is 13.3. The Kier molecular flexibility index (Phi) is 6.40. The summed E-state index contributed by atoms with van der Waals surface area (Å²) < 4.78 is 5.19. The first kappa shape index (κ1) is 17.2. The van der Waals surface area contributed by atoms with E-state index in [1.807, 2.05) is 25.1 Å². The summed E-state index contributed by atoms with van der Waals surface area (Å²) in [7, 11) is 0. The average molecular weight is 291 g/mol. The van der Waals surface area contributed by atoms with Crippen LogP contribution in [-0.2, 0) is 9.59 Å². The number of nitrogens with one attached hydrogen (secondary N) is 1. The average Bonchev–Trinajstić information content (AvgIpc) is 2.42. The van der Waals surface area contributed by atoms with Crippen LogP contribution in [0.25, 0.3) is 0 Å². The number of ether oxygens (including phenoxy) is 1. The first-order valence-electron chi connectivity index (χ1n) is 7.31. The van der Waals surface area contributed by atoms with Crippen molar-refractivity contribution in [2.24, 2.45) is 11.3 Å². The van der Waals surface area contributed by atoms with Crippen LogP contribution in [0.3, 0.4) is 0 Å². The molecule has 0 heterocycles. The van der Waals surface area contributed by atoms with Gasteiger partial charge in [0.05, 0.1) is 0 Å². The van der Waals surface area contributed by atoms with Crippen molar-refractivity contribution in [3.05, 3.63) is 30.3 Å². The van der Waals surface area contributed by atoms with Gasteiger partial charge in [0.1, 0.15) is 5.75 Å². The van der Waals surface area contributed by atoms with Gasteiger partial charge in [-0.15, -0.1) is 0 Å². The van der Waals surface area contributed by atoms with Crippen molar-refractivity contribution >= 4 is 11.9 Å². The topological polar surface area (TPSA) is 55.4 Å². The van der Waals surface area contributed by atoms with Crippen LogP contribution >= 0.6 is 0 Å². The molecule has 116 valence electrons. The minimum absolute atomic E-state index is 0.0163. The molecule has 0 aliphatic heterocycles. The zero-order valence-electron chi connectivity index (χ0n) is 13.3. The highest BCUT2D eigenvalue weighted by Gasteiger charge is 2.18. The Balaban J connectivity index is 2.30. The molecule has 0 saturated heterocycles. The number of amides is 1. The van der Waals surface area contributed by atoms with Crippen molar-refractivity contribution in [3.8, 4) is 5.75 Å². The van der Waals surface area contributed by atoms with Gasteiger partial charge in [-0.25, -0.2) is 0 Å². The lowest BCUT2D eigenvalue weighted by molar-refractivity contribution is -0.135. The minimum atomic E-state index is -0.309. The number of carbonyl (C=O) groups excluding carboxylic acids is 2. The van der Waals surface area contributed by atoms with Crippen molar-refractivity contribution in [1.82, 2.24) is 5.32 Å². The van der Waals surface area contributed by atoms with Crippen LogP contribution in [0.4, 0.5) is 0 Å². The molecule has 0 saturated carbocycles. The highest BCUT2D eigenvalue weighted by atomic mass is 16.5. The van der Waals surface area contributed by atoms with Gasteiger partial charge in [-0.05, 0) is 24.0 Å². The number of esters is 1. The van der Waals surface area contributed by atoms with Crippen LogP contribution in [0.1, 0.15) is 40.5 Å². The second-order valence-electron chi connectivity index (χ2n) is 6.51. The molecular formula is C17H25NO3. The molecule has 4 nitrogen and oxygen atoms in total. The summed E-state index contributed by atoms with van der Waals surface area (Å²) in [4.78, 5) is 23.6. The molecule has 1 aromatic carbocycles. The number of para-hydroxylation sites is 1. The van der Waals surface area contributed by atoms with Gasteiger partial charge in [-0.2, -0.15) is 0 Å². The van der Waals surface area contributed by atoms with Gasteiger partial charge in [0.25, 0.3) is 0 Å². The predicted octanol–water partition coefficient (Wildman–Crippen LogP) is 3.17. The standard InChI is InChI=1S/C17H25NO3/c1-13(16(20)18-12-17(2,3)4)10-11-15(19)21-14-8-6-5-7-9-14/h5-9,13H,10-12H2,1-4H3,(H,18,20). The fourth-order valence-electron chi connectivity index (χ4n) is 1.66. The Morgan fingerprint density at radius 3 is 2.38 bits per heavy atom. The fraction of sp³-hybridized carbons (Fsp3) is 0.529. The molecule has 1 unspecified atom stereocenters. The normalized spacial score (nSPS) is 12.6. The van der Waals surface area contributed by atoms with Crippen LogP contribution in [-0.4, -0.2) is 18.4 Å². The summed E-state index contributed by atoms with van der Waals surface area (Å²) in [5.74, 6) is 0.0112. The number of carbonyl (C=O) groups is 2. The third-order valence-corrected chi connectivity index (χ3v) is 3.00. The van der Waals surface area contributed by atoms with Crippen LogP contribution in [0.2, 0.25) is 0 Å². The van der Waals surface area contributed by atoms with Crippen LogP contribution in [0.15, 0.2) is 30.3 Å². The van der Waals surface area contributed by atoms with Crippen molar-refractivity contribution in [2.45, 2.75) is 40.5 Å². The van der Waals surface area contributed by atoms with Gasteiger partial charge in [-0.3, -0.25) is 9.59 Å². The van der Waals surface area contributed by atoms with Crippen LogP contribution < -0.4 is 10.1 Å². The first-order valence-corrected chi connectivity index (χ1v) is 7.31. The van der Waals surface area contributed by atoms with E-state index in [4.69, 9.17) is 4.74 Å². The lowest BCUT2D eigenvalue weighted by Gasteiger charge is -2.20. The van der Waals surface area contributed by atoms with E-state index in [9.17, 15) is 9.59 Å². The van der Waals surface area contributed by atoms with E-state index in [0.717, 1.165) is 0 Å². The molecular weight excluding hydrogens is 266 g/mol. The molecule has 1 atom stereocenters. The van der Waals surface area contributed by atoms with Gasteiger partial charge in [0.2, 0.25) is 5.91 Å². The Bertz CT molecular complexity index is 463. The predicted molar refractivity (Wildman–Crippen MR) is 82.9 cm³/mol. The van der Waals surface area contributed by atoms with Gasteiger partial charge in [0.15, 0.2) is 0 Å². The van der Waals surface area contributed by atoms with Gasteiger partial charge >= 0.3 is 5.97 Å². The molecule has 0 spiro atoms. The largest absolute Gasteiger partial charge is 0.427 e. The molecule has 0 fully saturated rings. The number of hydrogen-bond donors (Lipinski definition) is 1. The lowest BCUT2D eigenvalue weighted by atomic mass is 9.96. The maximum atomic E-state index is 11.9. The van der Waals surface area contributed by atoms with E-state index in [-0.39, 0.29) is 29.6 Å². The molecule has 0 bridgehead atoms. The molecule has 0 radical (unpaired) electrons. The zero-order chi connectivity index (χ0) is 15.9. The number of hydrogen-bond acceptors (Lipinski definition) is 3. The smallest absolute Gasteiger partial charge is 0.311 e. The molecule has 1 N–H and O–H groups in total. The van der Waals surface area contributed by atoms with Crippen molar-refractivity contribution < 1.29 is 14.3 Å². The summed E-state index contributed by atoms with van der Waals surface area (Å²) in [5, 5.41) is 2.90. The monoisotopic (exact) mass is 291 g/mol. The summed E-state index contributed by atoms with van der Waals surface area (Å²) >= 11 is 0. The lowest BCUT2D eigenvalue weighted by Crippen LogP contribution is -2.35. The summed E-state index contributed by atoms with van der Waals surface area (Å²) in [6.45, 7) is 8.65. The van der Waals surface area contributed by atoms with Crippen molar-refractivity contribution in [1.29, 1.82) is 0 Å². The minimum Gasteiger partial charge on any atom is -0.427 e. The van der Waals surface area contributed by atoms with E-state index in [1.54, 1.807) is 12.1 Å². The molecule has 0 aliphatic rings. The fourth-order valence-corrected chi connectivity index (χ4v) is 1.66. The maximum absolute atomic E-state index is 11.9. The highest BCUT2D eigenvalue weighted by Crippen LogP contribution is 2.14. The summed E-state index contributed by atoms with van der Waals surface area (Å²) in [5.41, 5.74) is 0.0572. The molecule has 1 rings (SSSR count). The molecule has 4 heteroatoms. The van der Waals surface area contributed by atoms with Gasteiger partial charge < -0.3 is 10.1 Å². The molecule has 1 amide bonds. The highest BCUT2D eigenvalue weighted by molar-refractivity contribution is 5.79. The summed E-state index contributed by atoms with van der Waals surface area (Å²) in [6, 6.07) is 8.95. The van der Waals surface area contributed by atoms with E-state index in [1.165, 1.54) is 0 Å². The maximum Gasteiger partial charge on any atom is 0.311 e. The second kappa shape index (κ2) is 7.81. The van der Waals surface area contributed by atoms with Crippen molar-refractivity contribution in [3.63, 3.8) is 0 Å².